The molecule has 1 saturated heterocycles. The van der Waals surface area contributed by atoms with E-state index in [1.165, 1.54) is 18.2 Å². The van der Waals surface area contributed by atoms with Gasteiger partial charge in [0.05, 0.1) is 5.02 Å². The van der Waals surface area contributed by atoms with Gasteiger partial charge < -0.3 is 15.1 Å². The van der Waals surface area contributed by atoms with Crippen molar-refractivity contribution in [1.82, 2.24) is 20.4 Å². The minimum absolute atomic E-state index is 0.0225. The van der Waals surface area contributed by atoms with E-state index in [2.05, 4.69) is 15.5 Å². The second-order valence-electron chi connectivity index (χ2n) is 5.77. The highest BCUT2D eigenvalue weighted by Crippen LogP contribution is 2.34. The molecule has 146 valence electrons. The van der Waals surface area contributed by atoms with Crippen LogP contribution < -0.4 is 10.2 Å². The van der Waals surface area contributed by atoms with Crippen LogP contribution in [0.25, 0.3) is 0 Å². The van der Waals surface area contributed by atoms with E-state index >= 15 is 0 Å². The molecule has 2 amide bonds. The molecule has 0 radical (unpaired) electrons. The lowest BCUT2D eigenvalue weighted by Gasteiger charge is -2.34. The van der Waals surface area contributed by atoms with Crippen LogP contribution in [0.15, 0.2) is 18.2 Å². The Morgan fingerprint density at radius 2 is 1.93 bits per heavy atom. The van der Waals surface area contributed by atoms with Gasteiger partial charge in [0.2, 0.25) is 10.1 Å². The number of nitrogens with one attached hydrogen (secondary N) is 1. The zero-order chi connectivity index (χ0) is 19.6. The molecule has 0 bridgehead atoms. The van der Waals surface area contributed by atoms with E-state index in [1.807, 2.05) is 0 Å². The Labute approximate surface area is 160 Å². The second kappa shape index (κ2) is 7.85. The number of amides is 2. The third kappa shape index (κ3) is 4.78. The smallest absolute Gasteiger partial charge is 0.343 e. The summed E-state index contributed by atoms with van der Waals surface area (Å²) in [7, 11) is 0. The molecule has 2 heterocycles. The molecule has 0 unspecified atom stereocenters. The van der Waals surface area contributed by atoms with Crippen molar-refractivity contribution in [1.29, 1.82) is 0 Å². The number of hydrogen-bond donors (Lipinski definition) is 1. The number of alkyl halides is 3. The summed E-state index contributed by atoms with van der Waals surface area (Å²) >= 11 is 6.18. The Kier molecular flexibility index (Phi) is 5.70. The molecule has 1 aromatic heterocycles. The van der Waals surface area contributed by atoms with Crippen LogP contribution in [0.5, 0.6) is 0 Å². The topological polar surface area (TPSA) is 61.4 Å². The van der Waals surface area contributed by atoms with Gasteiger partial charge in [0.1, 0.15) is 5.82 Å². The van der Waals surface area contributed by atoms with Gasteiger partial charge in [-0.25, -0.2) is 9.18 Å². The van der Waals surface area contributed by atoms with Crippen LogP contribution in [-0.4, -0.2) is 47.3 Å². The fourth-order valence-corrected chi connectivity index (χ4v) is 3.46. The van der Waals surface area contributed by atoms with Gasteiger partial charge in [-0.05, 0) is 17.7 Å². The molecular formula is C15H14ClF4N5OS. The molecule has 0 spiro atoms. The average Bonchev–Trinajstić information content (AvgIpc) is 3.13. The lowest BCUT2D eigenvalue weighted by molar-refractivity contribution is -0.138. The summed E-state index contributed by atoms with van der Waals surface area (Å²) in [5, 5.41) is 8.62. The van der Waals surface area contributed by atoms with Crippen LogP contribution in [0.3, 0.4) is 0 Å². The third-order valence-corrected chi connectivity index (χ3v) is 5.24. The number of benzene rings is 1. The number of nitrogens with zero attached hydrogens (tertiary/aromatic N) is 4. The number of piperazine rings is 1. The summed E-state index contributed by atoms with van der Waals surface area (Å²) in [6.45, 7) is 1.54. The van der Waals surface area contributed by atoms with Gasteiger partial charge in [-0.2, -0.15) is 13.2 Å². The first-order valence-corrected chi connectivity index (χ1v) is 9.06. The largest absolute Gasteiger partial charge is 0.445 e. The standard InChI is InChI=1S/C15H14ClF4N5OS/c16-10-7-9(1-2-11(10)17)8-21-13(26)24-3-5-25(6-4-24)14-23-22-12(27-14)15(18,19)20/h1-2,7H,3-6,8H2,(H,21,26). The van der Waals surface area contributed by atoms with Crippen molar-refractivity contribution in [2.75, 3.05) is 31.1 Å². The van der Waals surface area contributed by atoms with Crippen LogP contribution >= 0.6 is 22.9 Å². The molecule has 1 aliphatic heterocycles. The highest BCUT2D eigenvalue weighted by atomic mass is 35.5. The number of anilines is 1. The Balaban J connectivity index is 1.50. The maximum Gasteiger partial charge on any atom is 0.445 e. The van der Waals surface area contributed by atoms with E-state index < -0.39 is 17.0 Å². The van der Waals surface area contributed by atoms with Crippen LogP contribution in [0.4, 0.5) is 27.5 Å². The molecule has 1 N–H and O–H groups in total. The fraction of sp³-hybridized carbons (Fsp3) is 0.400. The summed E-state index contributed by atoms with van der Waals surface area (Å²) in [4.78, 5) is 15.4. The number of aromatic nitrogens is 2. The Morgan fingerprint density at radius 1 is 1.22 bits per heavy atom. The van der Waals surface area contributed by atoms with E-state index in [0.29, 0.717) is 43.1 Å². The summed E-state index contributed by atoms with van der Waals surface area (Å²) in [6.07, 6.45) is -4.51. The number of halogens is 5. The number of carbonyl (C=O) groups is 1. The van der Waals surface area contributed by atoms with Crippen molar-refractivity contribution in [3.8, 4) is 0 Å². The van der Waals surface area contributed by atoms with E-state index in [4.69, 9.17) is 11.6 Å². The molecule has 6 nitrogen and oxygen atoms in total. The molecule has 2 aromatic rings. The van der Waals surface area contributed by atoms with Crippen molar-refractivity contribution in [2.24, 2.45) is 0 Å². The molecule has 3 rings (SSSR count). The van der Waals surface area contributed by atoms with Crippen LogP contribution in [0.2, 0.25) is 5.02 Å². The van der Waals surface area contributed by atoms with E-state index in [1.54, 1.807) is 9.80 Å². The van der Waals surface area contributed by atoms with Crippen LogP contribution in [0.1, 0.15) is 10.6 Å². The van der Waals surface area contributed by atoms with Gasteiger partial charge >= 0.3 is 12.2 Å². The minimum atomic E-state index is -4.51. The summed E-state index contributed by atoms with van der Waals surface area (Å²) in [5.74, 6) is -0.534. The zero-order valence-electron chi connectivity index (χ0n) is 13.8. The first-order valence-electron chi connectivity index (χ1n) is 7.86. The van der Waals surface area contributed by atoms with Crippen molar-refractivity contribution < 1.29 is 22.4 Å². The van der Waals surface area contributed by atoms with E-state index in [9.17, 15) is 22.4 Å². The molecule has 1 fully saturated rings. The fourth-order valence-electron chi connectivity index (χ4n) is 2.50. The Hall–Kier alpha value is -2.14. The first-order chi connectivity index (χ1) is 12.7. The van der Waals surface area contributed by atoms with Crippen molar-refractivity contribution in [3.05, 3.63) is 39.6 Å². The van der Waals surface area contributed by atoms with Crippen LogP contribution in [-0.2, 0) is 12.7 Å². The number of carbonyl (C=O) groups excluding carboxylic acids is 1. The second-order valence-corrected chi connectivity index (χ2v) is 7.13. The van der Waals surface area contributed by atoms with Gasteiger partial charge in [-0.3, -0.25) is 0 Å². The maximum atomic E-state index is 13.1. The Bertz CT molecular complexity index is 823. The van der Waals surface area contributed by atoms with Gasteiger partial charge in [0.15, 0.2) is 0 Å². The normalized spacial score (nSPS) is 15.1. The van der Waals surface area contributed by atoms with E-state index in [0.717, 1.165) is 0 Å². The number of rotatable bonds is 3. The lowest BCUT2D eigenvalue weighted by atomic mass is 10.2. The van der Waals surface area contributed by atoms with Crippen molar-refractivity contribution in [2.45, 2.75) is 12.7 Å². The van der Waals surface area contributed by atoms with Crippen molar-refractivity contribution >= 4 is 34.1 Å². The number of urea groups is 1. The quantitative estimate of drug-likeness (QED) is 0.769. The molecule has 27 heavy (non-hydrogen) atoms. The summed E-state index contributed by atoms with van der Waals surface area (Å²) in [6, 6.07) is 3.86. The molecule has 0 atom stereocenters. The number of hydrogen-bond acceptors (Lipinski definition) is 5. The first kappa shape index (κ1) is 19.6. The van der Waals surface area contributed by atoms with Gasteiger partial charge in [-0.15, -0.1) is 10.2 Å². The molecular weight excluding hydrogens is 410 g/mol. The molecule has 0 aliphatic carbocycles. The van der Waals surface area contributed by atoms with Crippen LogP contribution in [0, 0.1) is 5.82 Å². The highest BCUT2D eigenvalue weighted by Gasteiger charge is 2.36. The zero-order valence-corrected chi connectivity index (χ0v) is 15.3. The van der Waals surface area contributed by atoms with Gasteiger partial charge in [0, 0.05) is 32.7 Å². The lowest BCUT2D eigenvalue weighted by Crippen LogP contribution is -2.51. The SMILES string of the molecule is O=C(NCc1ccc(F)c(Cl)c1)N1CCN(c2nnc(C(F)(F)F)s2)CC1. The summed E-state index contributed by atoms with van der Waals surface area (Å²) in [5.41, 5.74) is 0.655. The highest BCUT2D eigenvalue weighted by molar-refractivity contribution is 7.15. The summed E-state index contributed by atoms with van der Waals surface area (Å²) < 4.78 is 51.0. The van der Waals surface area contributed by atoms with Crippen molar-refractivity contribution in [3.63, 3.8) is 0 Å². The predicted molar refractivity (Wildman–Crippen MR) is 92.3 cm³/mol. The third-order valence-electron chi connectivity index (χ3n) is 3.92. The monoisotopic (exact) mass is 423 g/mol. The predicted octanol–water partition coefficient (Wildman–Crippen LogP) is 3.38. The Morgan fingerprint density at radius 3 is 2.52 bits per heavy atom. The maximum absolute atomic E-state index is 13.1. The molecule has 1 aliphatic rings. The molecule has 0 saturated carbocycles. The molecule has 12 heteroatoms. The van der Waals surface area contributed by atoms with Gasteiger partial charge in [-0.1, -0.05) is 29.0 Å². The molecule has 1 aromatic carbocycles. The minimum Gasteiger partial charge on any atom is -0.343 e. The van der Waals surface area contributed by atoms with Gasteiger partial charge in [0.25, 0.3) is 0 Å². The average molecular weight is 424 g/mol. The van der Waals surface area contributed by atoms with E-state index in [-0.39, 0.29) is 22.7 Å².